The molecule has 0 aliphatic rings. The molecule has 0 atom stereocenters. The second-order valence-corrected chi connectivity index (χ2v) is 4.23. The van der Waals surface area contributed by atoms with E-state index in [2.05, 4.69) is 4.98 Å². The van der Waals surface area contributed by atoms with E-state index in [-0.39, 0.29) is 5.56 Å². The van der Waals surface area contributed by atoms with Gasteiger partial charge >= 0.3 is 0 Å². The minimum atomic E-state index is -0.0757. The first-order chi connectivity index (χ1) is 8.08. The summed E-state index contributed by atoms with van der Waals surface area (Å²) in [5.41, 5.74) is 1.66. The first-order valence-corrected chi connectivity index (χ1v) is 5.80. The average molecular weight is 250 g/mol. The van der Waals surface area contributed by atoms with Gasteiger partial charge in [0.05, 0.1) is 18.0 Å². The lowest BCUT2D eigenvalue weighted by molar-refractivity contribution is 0.415. The molecule has 2 rings (SSSR count). The van der Waals surface area contributed by atoms with Crippen LogP contribution in [0.5, 0.6) is 5.75 Å². The summed E-state index contributed by atoms with van der Waals surface area (Å²) in [5, 5.41) is 0.609. The zero-order valence-corrected chi connectivity index (χ0v) is 10.9. The number of aromatic nitrogens is 2. The van der Waals surface area contributed by atoms with Crippen LogP contribution in [-0.4, -0.2) is 16.7 Å². The molecular weight excluding hydrogens is 236 g/mol. The molecule has 1 aromatic heterocycles. The number of hydrogen-bond acceptors (Lipinski definition) is 3. The molecule has 0 spiro atoms. The quantitative estimate of drug-likeness (QED) is 0.832. The van der Waals surface area contributed by atoms with Crippen molar-refractivity contribution in [2.75, 3.05) is 7.11 Å². The first kappa shape index (κ1) is 11.9. The zero-order valence-electron chi connectivity index (χ0n) is 10.0. The van der Waals surface area contributed by atoms with Crippen LogP contribution in [-0.2, 0) is 6.54 Å². The van der Waals surface area contributed by atoms with Gasteiger partial charge < -0.3 is 9.72 Å². The highest BCUT2D eigenvalue weighted by Gasteiger charge is 2.08. The Balaban J connectivity index is 2.98. The smallest absolute Gasteiger partial charge is 0.262 e. The van der Waals surface area contributed by atoms with Crippen molar-refractivity contribution in [3.05, 3.63) is 32.8 Å². The number of methoxy groups -OCH3 is 1. The molecule has 1 aromatic carbocycles. The standard InChI is InChI=1S/C12H14N2O2S/c1-4-14-11(15)9-6-8(16-3)5-7(2)10(9)13-12(14)17/h5-6H,4H2,1-3H3,(H,13,17). The summed E-state index contributed by atoms with van der Waals surface area (Å²) in [5.74, 6) is 0.681. The minimum Gasteiger partial charge on any atom is -0.497 e. The van der Waals surface area contributed by atoms with E-state index in [1.165, 1.54) is 4.57 Å². The van der Waals surface area contributed by atoms with Crippen LogP contribution in [0.2, 0.25) is 0 Å². The number of H-pyrrole nitrogens is 1. The fourth-order valence-electron chi connectivity index (χ4n) is 1.91. The van der Waals surface area contributed by atoms with Gasteiger partial charge in [0.15, 0.2) is 4.77 Å². The number of aryl methyl sites for hydroxylation is 1. The fraction of sp³-hybridized carbons (Fsp3) is 0.333. The summed E-state index contributed by atoms with van der Waals surface area (Å²) in [4.78, 5) is 15.3. The van der Waals surface area contributed by atoms with Crippen LogP contribution in [0.15, 0.2) is 16.9 Å². The molecule has 0 fully saturated rings. The van der Waals surface area contributed by atoms with E-state index in [1.54, 1.807) is 13.2 Å². The molecule has 0 saturated carbocycles. The largest absolute Gasteiger partial charge is 0.497 e. The summed E-state index contributed by atoms with van der Waals surface area (Å²) in [6.07, 6.45) is 0. The summed E-state index contributed by atoms with van der Waals surface area (Å²) in [6, 6.07) is 3.62. The highest BCUT2D eigenvalue weighted by Crippen LogP contribution is 2.20. The summed E-state index contributed by atoms with van der Waals surface area (Å²) < 4.78 is 7.17. The molecule has 1 heterocycles. The fourth-order valence-corrected chi connectivity index (χ4v) is 2.22. The normalized spacial score (nSPS) is 10.8. The van der Waals surface area contributed by atoms with Crippen molar-refractivity contribution in [2.24, 2.45) is 0 Å². The van der Waals surface area contributed by atoms with E-state index < -0.39 is 0 Å². The molecule has 0 saturated heterocycles. The van der Waals surface area contributed by atoms with E-state index in [0.29, 0.717) is 22.5 Å². The van der Waals surface area contributed by atoms with Crippen molar-refractivity contribution >= 4 is 23.1 Å². The van der Waals surface area contributed by atoms with Gasteiger partial charge in [0, 0.05) is 6.54 Å². The van der Waals surface area contributed by atoms with Crippen molar-refractivity contribution in [3.8, 4) is 5.75 Å². The Morgan fingerprint density at radius 3 is 2.76 bits per heavy atom. The predicted octanol–water partition coefficient (Wildman–Crippen LogP) is 2.40. The predicted molar refractivity (Wildman–Crippen MR) is 70.4 cm³/mol. The number of nitrogens with zero attached hydrogens (tertiary/aromatic N) is 1. The second-order valence-electron chi connectivity index (χ2n) is 3.85. The second kappa shape index (κ2) is 4.33. The van der Waals surface area contributed by atoms with Gasteiger partial charge in [-0.2, -0.15) is 0 Å². The van der Waals surface area contributed by atoms with Gasteiger partial charge in [-0.25, -0.2) is 0 Å². The lowest BCUT2D eigenvalue weighted by atomic mass is 10.1. The monoisotopic (exact) mass is 250 g/mol. The molecule has 0 radical (unpaired) electrons. The maximum Gasteiger partial charge on any atom is 0.262 e. The Morgan fingerprint density at radius 2 is 2.18 bits per heavy atom. The minimum absolute atomic E-state index is 0.0757. The molecule has 0 bridgehead atoms. The zero-order chi connectivity index (χ0) is 12.6. The Labute approximate surface area is 104 Å². The molecule has 4 nitrogen and oxygen atoms in total. The maximum absolute atomic E-state index is 12.2. The van der Waals surface area contributed by atoms with Crippen LogP contribution in [0.3, 0.4) is 0 Å². The van der Waals surface area contributed by atoms with E-state index in [9.17, 15) is 4.79 Å². The first-order valence-electron chi connectivity index (χ1n) is 5.40. The van der Waals surface area contributed by atoms with Gasteiger partial charge in [-0.15, -0.1) is 0 Å². The Kier molecular flexibility index (Phi) is 3.02. The lowest BCUT2D eigenvalue weighted by Crippen LogP contribution is -2.21. The van der Waals surface area contributed by atoms with Crippen molar-refractivity contribution in [2.45, 2.75) is 20.4 Å². The third-order valence-corrected chi connectivity index (χ3v) is 3.14. The topological polar surface area (TPSA) is 47.0 Å². The molecule has 0 aliphatic heterocycles. The van der Waals surface area contributed by atoms with Gasteiger partial charge in [0.25, 0.3) is 5.56 Å². The number of rotatable bonds is 2. The van der Waals surface area contributed by atoms with Crippen LogP contribution < -0.4 is 10.3 Å². The third kappa shape index (κ3) is 1.86. The number of benzene rings is 1. The molecule has 0 unspecified atom stereocenters. The highest BCUT2D eigenvalue weighted by atomic mass is 32.1. The molecule has 17 heavy (non-hydrogen) atoms. The molecule has 90 valence electrons. The highest BCUT2D eigenvalue weighted by molar-refractivity contribution is 7.71. The van der Waals surface area contributed by atoms with Gasteiger partial charge in [-0.3, -0.25) is 9.36 Å². The summed E-state index contributed by atoms with van der Waals surface area (Å²) in [6.45, 7) is 4.37. The average Bonchev–Trinajstić information content (AvgIpc) is 2.31. The summed E-state index contributed by atoms with van der Waals surface area (Å²) in [7, 11) is 1.59. The number of fused-ring (bicyclic) bond motifs is 1. The number of ether oxygens (including phenoxy) is 1. The Hall–Kier alpha value is -1.62. The van der Waals surface area contributed by atoms with Crippen LogP contribution in [0.1, 0.15) is 12.5 Å². The molecular formula is C12H14N2O2S. The Morgan fingerprint density at radius 1 is 1.47 bits per heavy atom. The molecule has 1 N–H and O–H groups in total. The number of aromatic amines is 1. The van der Waals surface area contributed by atoms with Crippen molar-refractivity contribution in [3.63, 3.8) is 0 Å². The van der Waals surface area contributed by atoms with E-state index in [0.717, 1.165) is 11.1 Å². The van der Waals surface area contributed by atoms with E-state index in [1.807, 2.05) is 19.9 Å². The lowest BCUT2D eigenvalue weighted by Gasteiger charge is -2.09. The molecule has 5 heteroatoms. The van der Waals surface area contributed by atoms with E-state index >= 15 is 0 Å². The third-order valence-electron chi connectivity index (χ3n) is 2.81. The van der Waals surface area contributed by atoms with Gasteiger partial charge in [0.2, 0.25) is 0 Å². The SMILES string of the molecule is CCn1c(=S)[nH]c2c(C)cc(OC)cc2c1=O. The van der Waals surface area contributed by atoms with Gasteiger partial charge in [0.1, 0.15) is 5.75 Å². The number of nitrogens with one attached hydrogen (secondary N) is 1. The Bertz CT molecular complexity index is 685. The van der Waals surface area contributed by atoms with Gasteiger partial charge in [-0.1, -0.05) is 0 Å². The van der Waals surface area contributed by atoms with Crippen LogP contribution in [0, 0.1) is 11.7 Å². The van der Waals surface area contributed by atoms with Gasteiger partial charge in [-0.05, 0) is 43.8 Å². The van der Waals surface area contributed by atoms with Crippen molar-refractivity contribution in [1.82, 2.24) is 9.55 Å². The van der Waals surface area contributed by atoms with Crippen LogP contribution >= 0.6 is 12.2 Å². The summed E-state index contributed by atoms with van der Waals surface area (Å²) >= 11 is 5.16. The van der Waals surface area contributed by atoms with Crippen molar-refractivity contribution < 1.29 is 4.74 Å². The van der Waals surface area contributed by atoms with Crippen molar-refractivity contribution in [1.29, 1.82) is 0 Å². The maximum atomic E-state index is 12.2. The molecule has 0 aliphatic carbocycles. The molecule has 2 aromatic rings. The van der Waals surface area contributed by atoms with E-state index in [4.69, 9.17) is 17.0 Å². The van der Waals surface area contributed by atoms with Crippen LogP contribution in [0.4, 0.5) is 0 Å². The number of hydrogen-bond donors (Lipinski definition) is 1. The van der Waals surface area contributed by atoms with Crippen LogP contribution in [0.25, 0.3) is 10.9 Å². The molecule has 0 amide bonds.